The van der Waals surface area contributed by atoms with E-state index < -0.39 is 6.61 Å². The van der Waals surface area contributed by atoms with Crippen molar-refractivity contribution in [3.8, 4) is 17.0 Å². The van der Waals surface area contributed by atoms with Crippen LogP contribution in [0.15, 0.2) is 18.5 Å². The smallest absolute Gasteiger partial charge is 0.387 e. The van der Waals surface area contributed by atoms with Crippen LogP contribution in [0.4, 0.5) is 14.6 Å². The zero-order chi connectivity index (χ0) is 22.5. The van der Waals surface area contributed by atoms with Crippen molar-refractivity contribution >= 4 is 5.82 Å². The van der Waals surface area contributed by atoms with Gasteiger partial charge in [-0.1, -0.05) is 6.92 Å². The molecule has 0 spiro atoms. The molecule has 3 fully saturated rings. The lowest BCUT2D eigenvalue weighted by molar-refractivity contribution is -0.0494. The molecule has 1 atom stereocenters. The molecule has 7 nitrogen and oxygen atoms in total. The standard InChI is InChI=1S/C13H14F2N4O.C10H19NO/c14-13(15)20-10-4-8(5-18-12(10)16)9-6-17-11(19-9)3-7-1-2-7;1-9-2-5-11(8-9)10-3-6-12-7-4-10/h4-7,13H,1-3H2,(H2,16,18)(H,17,19);9-10H,2-8H2,1H3. The fourth-order valence-electron chi connectivity index (χ4n) is 4.35. The van der Waals surface area contributed by atoms with Crippen LogP contribution >= 0.6 is 0 Å². The van der Waals surface area contributed by atoms with Gasteiger partial charge in [-0.15, -0.1) is 0 Å². The first-order valence-electron chi connectivity index (χ1n) is 11.5. The summed E-state index contributed by atoms with van der Waals surface area (Å²) in [5.41, 5.74) is 6.83. The molecular formula is C23H33F2N5O2. The van der Waals surface area contributed by atoms with Gasteiger partial charge in [0.15, 0.2) is 11.6 Å². The molecule has 0 radical (unpaired) electrons. The molecule has 3 N–H and O–H groups in total. The number of H-pyrrole nitrogens is 1. The number of likely N-dealkylation sites (tertiary alicyclic amines) is 1. The molecule has 3 aliphatic rings. The summed E-state index contributed by atoms with van der Waals surface area (Å²) < 4.78 is 34.2. The third-order valence-electron chi connectivity index (χ3n) is 6.38. The predicted octanol–water partition coefficient (Wildman–Crippen LogP) is 4.12. The summed E-state index contributed by atoms with van der Waals surface area (Å²) in [6.07, 6.45) is 10.5. The maximum atomic E-state index is 12.3. The van der Waals surface area contributed by atoms with Crippen LogP contribution in [0.1, 0.15) is 44.9 Å². The van der Waals surface area contributed by atoms with Gasteiger partial charge >= 0.3 is 6.61 Å². The van der Waals surface area contributed by atoms with Crippen LogP contribution in [-0.2, 0) is 11.2 Å². The van der Waals surface area contributed by atoms with Gasteiger partial charge in [0.1, 0.15) is 5.82 Å². The monoisotopic (exact) mass is 449 g/mol. The number of hydrogen-bond donors (Lipinski definition) is 2. The highest BCUT2D eigenvalue weighted by atomic mass is 19.3. The Morgan fingerprint density at radius 1 is 1.19 bits per heavy atom. The van der Waals surface area contributed by atoms with E-state index in [2.05, 4.69) is 31.5 Å². The number of imidazole rings is 1. The van der Waals surface area contributed by atoms with E-state index in [9.17, 15) is 8.78 Å². The molecule has 1 aliphatic carbocycles. The Bertz CT molecular complexity index is 865. The average Bonchev–Trinajstić information content (AvgIpc) is 3.28. The zero-order valence-corrected chi connectivity index (χ0v) is 18.6. The molecule has 0 amide bonds. The quantitative estimate of drug-likeness (QED) is 0.690. The second-order valence-corrected chi connectivity index (χ2v) is 9.11. The number of nitrogens with one attached hydrogen (secondary N) is 1. The minimum atomic E-state index is -2.93. The third kappa shape index (κ3) is 6.38. The number of pyridine rings is 1. The van der Waals surface area contributed by atoms with Crippen LogP contribution in [-0.4, -0.2) is 58.8 Å². The van der Waals surface area contributed by atoms with Gasteiger partial charge in [0, 0.05) is 44.0 Å². The van der Waals surface area contributed by atoms with Gasteiger partial charge in [-0.2, -0.15) is 8.78 Å². The number of nitrogens with zero attached hydrogens (tertiary/aromatic N) is 3. The average molecular weight is 450 g/mol. The Labute approximate surface area is 187 Å². The molecule has 176 valence electrons. The number of anilines is 1. The van der Waals surface area contributed by atoms with Crippen LogP contribution < -0.4 is 10.5 Å². The lowest BCUT2D eigenvalue weighted by Crippen LogP contribution is -2.37. The van der Waals surface area contributed by atoms with E-state index >= 15 is 0 Å². The SMILES string of the molecule is CC1CCN(C2CCOCC2)C1.Nc1ncc(-c2cnc(CC3CC3)[nH]2)cc1OC(F)F. The summed E-state index contributed by atoms with van der Waals surface area (Å²) in [6, 6.07) is 2.27. The second-order valence-electron chi connectivity index (χ2n) is 9.11. The van der Waals surface area contributed by atoms with Crippen LogP contribution in [0.2, 0.25) is 0 Å². The van der Waals surface area contributed by atoms with Gasteiger partial charge in [0.2, 0.25) is 0 Å². The maximum absolute atomic E-state index is 12.3. The van der Waals surface area contributed by atoms with Gasteiger partial charge < -0.3 is 20.2 Å². The van der Waals surface area contributed by atoms with Crippen LogP contribution in [0.3, 0.4) is 0 Å². The fraction of sp³-hybridized carbons (Fsp3) is 0.652. The van der Waals surface area contributed by atoms with E-state index in [0.29, 0.717) is 11.3 Å². The number of rotatable bonds is 6. The van der Waals surface area contributed by atoms with E-state index in [1.807, 2.05) is 0 Å². The van der Waals surface area contributed by atoms with Crippen molar-refractivity contribution in [3.05, 3.63) is 24.3 Å². The number of hydrogen-bond acceptors (Lipinski definition) is 6. The number of ether oxygens (including phenoxy) is 2. The first-order chi connectivity index (χ1) is 15.5. The Kier molecular flexibility index (Phi) is 7.57. The molecular weight excluding hydrogens is 416 g/mol. The summed E-state index contributed by atoms with van der Waals surface area (Å²) in [4.78, 5) is 14.0. The van der Waals surface area contributed by atoms with Gasteiger partial charge in [-0.05, 0) is 56.6 Å². The van der Waals surface area contributed by atoms with Crippen molar-refractivity contribution < 1.29 is 18.3 Å². The van der Waals surface area contributed by atoms with E-state index in [1.165, 1.54) is 57.5 Å². The highest BCUT2D eigenvalue weighted by molar-refractivity contribution is 5.63. The number of nitrogen functional groups attached to an aromatic ring is 1. The van der Waals surface area contributed by atoms with Gasteiger partial charge in [0.05, 0.1) is 11.9 Å². The number of aromatic amines is 1. The van der Waals surface area contributed by atoms with Crippen LogP contribution in [0.25, 0.3) is 11.3 Å². The van der Waals surface area contributed by atoms with Crippen LogP contribution in [0.5, 0.6) is 5.75 Å². The number of halogens is 2. The topological polar surface area (TPSA) is 89.3 Å². The summed E-state index contributed by atoms with van der Waals surface area (Å²) in [5, 5.41) is 0. The van der Waals surface area contributed by atoms with E-state index in [0.717, 1.165) is 43.3 Å². The van der Waals surface area contributed by atoms with Crippen molar-refractivity contribution in [1.82, 2.24) is 19.9 Å². The Hall–Kier alpha value is -2.26. The Morgan fingerprint density at radius 2 is 1.97 bits per heavy atom. The second kappa shape index (κ2) is 10.6. The molecule has 5 rings (SSSR count). The van der Waals surface area contributed by atoms with Gasteiger partial charge in [0.25, 0.3) is 0 Å². The van der Waals surface area contributed by atoms with E-state index in [-0.39, 0.29) is 11.6 Å². The maximum Gasteiger partial charge on any atom is 0.387 e. The molecule has 32 heavy (non-hydrogen) atoms. The Balaban J connectivity index is 0.000000174. The predicted molar refractivity (Wildman–Crippen MR) is 118 cm³/mol. The first kappa shape index (κ1) is 22.9. The fourth-order valence-corrected chi connectivity index (χ4v) is 4.35. The minimum Gasteiger partial charge on any atom is -0.431 e. The summed E-state index contributed by atoms with van der Waals surface area (Å²) >= 11 is 0. The van der Waals surface area contributed by atoms with Crippen molar-refractivity contribution in [2.75, 3.05) is 32.0 Å². The minimum absolute atomic E-state index is 0.0632. The summed E-state index contributed by atoms with van der Waals surface area (Å²) in [5.74, 6) is 2.35. The van der Waals surface area contributed by atoms with Crippen molar-refractivity contribution in [2.24, 2.45) is 11.8 Å². The summed E-state index contributed by atoms with van der Waals surface area (Å²) in [7, 11) is 0. The molecule has 0 bridgehead atoms. The zero-order valence-electron chi connectivity index (χ0n) is 18.6. The molecule has 1 unspecified atom stereocenters. The van der Waals surface area contributed by atoms with Crippen molar-refractivity contribution in [3.63, 3.8) is 0 Å². The normalized spacial score (nSPS) is 22.1. The molecule has 9 heteroatoms. The molecule has 0 aromatic carbocycles. The number of aromatic nitrogens is 3. The van der Waals surface area contributed by atoms with Crippen molar-refractivity contribution in [1.29, 1.82) is 0 Å². The van der Waals surface area contributed by atoms with Gasteiger partial charge in [-0.3, -0.25) is 4.90 Å². The largest absolute Gasteiger partial charge is 0.431 e. The molecule has 4 heterocycles. The molecule has 2 aromatic heterocycles. The number of nitrogens with two attached hydrogens (primary N) is 1. The molecule has 1 saturated carbocycles. The highest BCUT2D eigenvalue weighted by Gasteiger charge is 2.27. The molecule has 2 saturated heterocycles. The van der Waals surface area contributed by atoms with Crippen LogP contribution in [0, 0.1) is 11.8 Å². The molecule has 2 aliphatic heterocycles. The molecule has 2 aromatic rings. The van der Waals surface area contributed by atoms with Gasteiger partial charge in [-0.25, -0.2) is 9.97 Å². The lowest BCUT2D eigenvalue weighted by Gasteiger charge is -2.30. The summed E-state index contributed by atoms with van der Waals surface area (Å²) in [6.45, 7) is 4.04. The lowest BCUT2D eigenvalue weighted by atomic mass is 10.1. The first-order valence-corrected chi connectivity index (χ1v) is 11.5. The number of alkyl halides is 2. The van der Waals surface area contributed by atoms with E-state index in [4.69, 9.17) is 10.5 Å². The highest BCUT2D eigenvalue weighted by Crippen LogP contribution is 2.33. The van der Waals surface area contributed by atoms with E-state index in [1.54, 1.807) is 6.20 Å². The Morgan fingerprint density at radius 3 is 2.62 bits per heavy atom. The third-order valence-corrected chi connectivity index (χ3v) is 6.38. The van der Waals surface area contributed by atoms with Crippen molar-refractivity contribution in [2.45, 2.75) is 58.1 Å².